The van der Waals surface area contributed by atoms with Crippen molar-refractivity contribution in [3.63, 3.8) is 0 Å². The molecule has 1 atom stereocenters. The van der Waals surface area contributed by atoms with Crippen LogP contribution in [0.1, 0.15) is 303 Å². The number of hydrogen-bond donors (Lipinski definition) is 0. The van der Waals surface area contributed by atoms with Gasteiger partial charge in [-0.3, -0.25) is 14.4 Å². The first-order valence-corrected chi connectivity index (χ1v) is 29.8. The van der Waals surface area contributed by atoms with Crippen LogP contribution >= 0.6 is 0 Å². The zero-order chi connectivity index (χ0) is 50.0. The fourth-order valence-electron chi connectivity index (χ4n) is 8.51. The predicted octanol–water partition coefficient (Wildman–Crippen LogP) is 20.0. The summed E-state index contributed by atoms with van der Waals surface area (Å²) in [5, 5.41) is 0. The predicted molar refractivity (Wildman–Crippen MR) is 298 cm³/mol. The molecule has 0 fully saturated rings. The summed E-state index contributed by atoms with van der Waals surface area (Å²) < 4.78 is 16.9. The third-order valence-electron chi connectivity index (χ3n) is 13.0. The Bertz CT molecular complexity index is 1250. The van der Waals surface area contributed by atoms with Crippen molar-refractivity contribution in [3.8, 4) is 0 Å². The van der Waals surface area contributed by atoms with Crippen LogP contribution in [-0.4, -0.2) is 37.2 Å². The number of ether oxygens (including phenoxy) is 3. The second-order valence-corrected chi connectivity index (χ2v) is 19.9. The van der Waals surface area contributed by atoms with Crippen LogP contribution in [0.2, 0.25) is 0 Å². The van der Waals surface area contributed by atoms with Gasteiger partial charge < -0.3 is 14.2 Å². The summed E-state index contributed by atoms with van der Waals surface area (Å²) >= 11 is 0. The van der Waals surface area contributed by atoms with E-state index in [0.717, 1.165) is 77.0 Å². The Balaban J connectivity index is 4.37. The number of hydrogen-bond acceptors (Lipinski definition) is 6. The summed E-state index contributed by atoms with van der Waals surface area (Å²) in [7, 11) is 0. The Morgan fingerprint density at radius 3 is 0.913 bits per heavy atom. The summed E-state index contributed by atoms with van der Waals surface area (Å²) in [6.45, 7) is 6.53. The SMILES string of the molecule is CC/C=C\C/C=C\C/C=C\CCCCCCCCCCCC(=O)OCC(COC(=O)CCCCCCCCC/C=C\CCCCCC)OC(=O)CCCCCCCCC/C=C\CCCCCCCC. The molecule has 69 heavy (non-hydrogen) atoms. The third kappa shape index (κ3) is 55.9. The van der Waals surface area contributed by atoms with Crippen LogP contribution in [-0.2, 0) is 28.6 Å². The Labute approximate surface area is 428 Å². The van der Waals surface area contributed by atoms with E-state index < -0.39 is 6.10 Å². The Kier molecular flexibility index (Phi) is 55.3. The van der Waals surface area contributed by atoms with Gasteiger partial charge in [-0.2, -0.15) is 0 Å². The topological polar surface area (TPSA) is 78.9 Å². The largest absolute Gasteiger partial charge is 0.462 e. The van der Waals surface area contributed by atoms with E-state index in [2.05, 4.69) is 81.5 Å². The summed E-state index contributed by atoms with van der Waals surface area (Å²) in [5.74, 6) is -0.879. The molecule has 0 aromatic rings. The van der Waals surface area contributed by atoms with Crippen LogP contribution in [0.4, 0.5) is 0 Å². The first-order chi connectivity index (χ1) is 34.0. The number of rotatable bonds is 54. The van der Waals surface area contributed by atoms with E-state index in [1.165, 1.54) is 186 Å². The molecule has 0 amide bonds. The maximum absolute atomic E-state index is 12.9. The molecule has 400 valence electrons. The Hall–Kier alpha value is -2.89. The molecule has 0 aliphatic carbocycles. The van der Waals surface area contributed by atoms with E-state index in [-0.39, 0.29) is 31.1 Å². The minimum Gasteiger partial charge on any atom is -0.462 e. The zero-order valence-corrected chi connectivity index (χ0v) is 45.8. The number of carbonyl (C=O) groups is 3. The first kappa shape index (κ1) is 66.1. The molecule has 6 heteroatoms. The summed E-state index contributed by atoms with van der Waals surface area (Å²) in [4.78, 5) is 38.2. The molecule has 0 saturated heterocycles. The number of unbranched alkanes of at least 4 members (excludes halogenated alkanes) is 33. The fourth-order valence-corrected chi connectivity index (χ4v) is 8.51. The second-order valence-electron chi connectivity index (χ2n) is 19.9. The van der Waals surface area contributed by atoms with Gasteiger partial charge in [0.25, 0.3) is 0 Å². The average molecular weight is 966 g/mol. The van der Waals surface area contributed by atoms with Crippen molar-refractivity contribution in [2.45, 2.75) is 309 Å². The molecular formula is C63H112O6. The highest BCUT2D eigenvalue weighted by molar-refractivity contribution is 5.71. The molecule has 0 N–H and O–H groups in total. The monoisotopic (exact) mass is 965 g/mol. The van der Waals surface area contributed by atoms with Crippen LogP contribution < -0.4 is 0 Å². The van der Waals surface area contributed by atoms with Gasteiger partial charge in [-0.25, -0.2) is 0 Å². The van der Waals surface area contributed by atoms with Crippen LogP contribution in [0.25, 0.3) is 0 Å². The van der Waals surface area contributed by atoms with Crippen LogP contribution in [0.3, 0.4) is 0 Å². The van der Waals surface area contributed by atoms with Crippen LogP contribution in [0, 0.1) is 0 Å². The lowest BCUT2D eigenvalue weighted by atomic mass is 10.1. The maximum Gasteiger partial charge on any atom is 0.306 e. The van der Waals surface area contributed by atoms with Crippen molar-refractivity contribution in [2.75, 3.05) is 13.2 Å². The molecule has 0 heterocycles. The average Bonchev–Trinajstić information content (AvgIpc) is 3.35. The van der Waals surface area contributed by atoms with Gasteiger partial charge in [0.15, 0.2) is 6.10 Å². The Morgan fingerprint density at radius 1 is 0.304 bits per heavy atom. The molecule has 0 aromatic heterocycles. The van der Waals surface area contributed by atoms with Gasteiger partial charge in [0.2, 0.25) is 0 Å². The molecule has 0 bridgehead atoms. The van der Waals surface area contributed by atoms with E-state index in [9.17, 15) is 14.4 Å². The highest BCUT2D eigenvalue weighted by Crippen LogP contribution is 2.16. The van der Waals surface area contributed by atoms with Gasteiger partial charge in [-0.05, 0) is 103 Å². The molecule has 0 spiro atoms. The molecule has 0 radical (unpaired) electrons. The van der Waals surface area contributed by atoms with Gasteiger partial charge in [0.05, 0.1) is 0 Å². The lowest BCUT2D eigenvalue weighted by Gasteiger charge is -2.18. The second kappa shape index (κ2) is 57.7. The lowest BCUT2D eigenvalue weighted by Crippen LogP contribution is -2.30. The van der Waals surface area contributed by atoms with Crippen molar-refractivity contribution in [1.29, 1.82) is 0 Å². The summed E-state index contributed by atoms with van der Waals surface area (Å²) in [6, 6.07) is 0. The third-order valence-corrected chi connectivity index (χ3v) is 13.0. The van der Waals surface area contributed by atoms with Crippen molar-refractivity contribution >= 4 is 17.9 Å². The minimum atomic E-state index is -0.780. The van der Waals surface area contributed by atoms with E-state index >= 15 is 0 Å². The molecular weight excluding hydrogens is 853 g/mol. The van der Waals surface area contributed by atoms with E-state index in [0.29, 0.717) is 19.3 Å². The minimum absolute atomic E-state index is 0.0784. The highest BCUT2D eigenvalue weighted by atomic mass is 16.6. The maximum atomic E-state index is 12.9. The normalized spacial score (nSPS) is 12.4. The highest BCUT2D eigenvalue weighted by Gasteiger charge is 2.19. The van der Waals surface area contributed by atoms with Crippen molar-refractivity contribution < 1.29 is 28.6 Å². The van der Waals surface area contributed by atoms with E-state index in [1.54, 1.807) is 0 Å². The lowest BCUT2D eigenvalue weighted by molar-refractivity contribution is -0.167. The number of allylic oxidation sites excluding steroid dienone is 10. The number of carbonyl (C=O) groups excluding carboxylic acids is 3. The fraction of sp³-hybridized carbons (Fsp3) is 0.794. The van der Waals surface area contributed by atoms with Crippen molar-refractivity contribution in [3.05, 3.63) is 60.8 Å². The molecule has 0 aliphatic rings. The van der Waals surface area contributed by atoms with Crippen molar-refractivity contribution in [2.24, 2.45) is 0 Å². The molecule has 0 aromatic carbocycles. The standard InChI is InChI=1S/C63H112O6/c1-4-7-10-13-16-19-22-25-28-30-31-33-35-38-41-44-47-50-53-56-62(65)68-59-60(58-67-61(64)55-52-49-46-43-40-37-34-27-24-21-18-15-12-9-6-3)69-63(66)57-54-51-48-45-42-39-36-32-29-26-23-20-17-14-11-8-5-2/h7,10,16,19,21,24-26,28-29,60H,4-6,8-9,11-15,17-18,20,22-23,27,30-59H2,1-3H3/b10-7-,19-16-,24-21-,28-25-,29-26-. The van der Waals surface area contributed by atoms with Gasteiger partial charge in [0, 0.05) is 19.3 Å². The van der Waals surface area contributed by atoms with Gasteiger partial charge in [-0.1, -0.05) is 242 Å². The summed E-state index contributed by atoms with van der Waals surface area (Å²) in [5.41, 5.74) is 0. The van der Waals surface area contributed by atoms with Gasteiger partial charge in [0.1, 0.15) is 13.2 Å². The van der Waals surface area contributed by atoms with E-state index in [1.807, 2.05) is 0 Å². The number of esters is 3. The molecule has 0 aliphatic heterocycles. The van der Waals surface area contributed by atoms with Crippen molar-refractivity contribution in [1.82, 2.24) is 0 Å². The van der Waals surface area contributed by atoms with Crippen LogP contribution in [0.5, 0.6) is 0 Å². The smallest absolute Gasteiger partial charge is 0.306 e. The zero-order valence-electron chi connectivity index (χ0n) is 45.8. The molecule has 6 nitrogen and oxygen atoms in total. The quantitative estimate of drug-likeness (QED) is 0.0262. The molecule has 1 unspecified atom stereocenters. The van der Waals surface area contributed by atoms with E-state index in [4.69, 9.17) is 14.2 Å². The van der Waals surface area contributed by atoms with Gasteiger partial charge in [-0.15, -0.1) is 0 Å². The van der Waals surface area contributed by atoms with Crippen LogP contribution in [0.15, 0.2) is 60.8 Å². The summed E-state index contributed by atoms with van der Waals surface area (Å²) in [6.07, 6.45) is 72.1. The molecule has 0 saturated carbocycles. The first-order valence-electron chi connectivity index (χ1n) is 29.8. The molecule has 0 rings (SSSR count). The van der Waals surface area contributed by atoms with Gasteiger partial charge >= 0.3 is 17.9 Å². The Morgan fingerprint density at radius 2 is 0.565 bits per heavy atom.